The Balaban J connectivity index is 3.33. The molecule has 0 unspecified atom stereocenters. The maximum atomic E-state index is 11.2. The summed E-state index contributed by atoms with van der Waals surface area (Å²) in [6.45, 7) is 8.10. The van der Waals surface area contributed by atoms with Crippen LogP contribution in [0.4, 0.5) is 0 Å². The van der Waals surface area contributed by atoms with Crippen LogP contribution in [0.3, 0.4) is 0 Å². The zero-order valence-corrected chi connectivity index (χ0v) is 9.58. The monoisotopic (exact) mass is 205 g/mol. The van der Waals surface area contributed by atoms with Gasteiger partial charge in [-0.05, 0) is 11.3 Å². The van der Waals surface area contributed by atoms with E-state index in [4.69, 9.17) is 5.73 Å². The van der Waals surface area contributed by atoms with Gasteiger partial charge in [-0.3, -0.25) is 4.79 Å². The first-order chi connectivity index (χ1) is 6.49. The highest BCUT2D eigenvalue weighted by atomic mass is 28.3. The third-order valence-electron chi connectivity index (χ3n) is 2.40. The van der Waals surface area contributed by atoms with E-state index in [1.807, 2.05) is 23.9 Å². The molecule has 0 radical (unpaired) electrons. The average molecular weight is 205 g/mol. The molecule has 2 N–H and O–H groups in total. The van der Waals surface area contributed by atoms with Gasteiger partial charge in [0.05, 0.1) is 0 Å². The van der Waals surface area contributed by atoms with Crippen molar-refractivity contribution in [1.82, 2.24) is 0 Å². The van der Waals surface area contributed by atoms with Gasteiger partial charge in [-0.15, -0.1) is 6.58 Å². The molecule has 0 aliphatic heterocycles. The van der Waals surface area contributed by atoms with Crippen molar-refractivity contribution in [1.29, 1.82) is 0 Å². The SMILES string of the molecule is C=C[Si](C)(C)c1ccccc1C(N)=O. The number of benzene rings is 1. The quantitative estimate of drug-likeness (QED) is 0.745. The second-order valence-electron chi connectivity index (χ2n) is 3.84. The number of primary amides is 1. The van der Waals surface area contributed by atoms with E-state index >= 15 is 0 Å². The molecule has 0 aromatic heterocycles. The number of nitrogens with two attached hydrogens (primary N) is 1. The molecule has 74 valence electrons. The van der Waals surface area contributed by atoms with E-state index in [1.165, 1.54) is 0 Å². The number of carbonyl (C=O) groups excluding carboxylic acids is 1. The molecular weight excluding hydrogens is 190 g/mol. The van der Waals surface area contributed by atoms with E-state index in [1.54, 1.807) is 6.07 Å². The van der Waals surface area contributed by atoms with E-state index in [9.17, 15) is 4.79 Å². The summed E-state index contributed by atoms with van der Waals surface area (Å²) in [5.74, 6) is -0.358. The second-order valence-corrected chi connectivity index (χ2v) is 8.23. The average Bonchev–Trinajstić information content (AvgIpc) is 2.18. The van der Waals surface area contributed by atoms with E-state index < -0.39 is 8.07 Å². The molecule has 0 aliphatic rings. The lowest BCUT2D eigenvalue weighted by Crippen LogP contribution is -2.43. The van der Waals surface area contributed by atoms with Crippen molar-refractivity contribution in [3.8, 4) is 0 Å². The molecule has 0 bridgehead atoms. The molecule has 0 atom stereocenters. The summed E-state index contributed by atoms with van der Waals surface area (Å²) < 4.78 is 0. The summed E-state index contributed by atoms with van der Waals surface area (Å²) in [6.07, 6.45) is 0. The first kappa shape index (κ1) is 10.7. The summed E-state index contributed by atoms with van der Waals surface area (Å²) >= 11 is 0. The summed E-state index contributed by atoms with van der Waals surface area (Å²) in [4.78, 5) is 11.2. The van der Waals surface area contributed by atoms with Gasteiger partial charge in [-0.2, -0.15) is 0 Å². The third-order valence-corrected chi connectivity index (χ3v) is 5.24. The number of hydrogen-bond donors (Lipinski definition) is 1. The fourth-order valence-corrected chi connectivity index (χ4v) is 3.02. The molecule has 14 heavy (non-hydrogen) atoms. The Morgan fingerprint density at radius 3 is 2.50 bits per heavy atom. The minimum absolute atomic E-state index is 0.358. The first-order valence-electron chi connectivity index (χ1n) is 4.52. The van der Waals surface area contributed by atoms with Gasteiger partial charge in [0, 0.05) is 5.56 Å². The summed E-state index contributed by atoms with van der Waals surface area (Å²) in [5, 5.41) is 1.06. The van der Waals surface area contributed by atoms with E-state index in [-0.39, 0.29) is 5.91 Å². The Morgan fingerprint density at radius 2 is 2.00 bits per heavy atom. The zero-order valence-electron chi connectivity index (χ0n) is 8.58. The smallest absolute Gasteiger partial charge is 0.248 e. The molecular formula is C11H15NOSi. The van der Waals surface area contributed by atoms with Gasteiger partial charge in [0.15, 0.2) is 0 Å². The lowest BCUT2D eigenvalue weighted by molar-refractivity contribution is 0.100. The number of hydrogen-bond acceptors (Lipinski definition) is 1. The van der Waals surface area contributed by atoms with Crippen molar-refractivity contribution < 1.29 is 4.79 Å². The Hall–Kier alpha value is -1.35. The van der Waals surface area contributed by atoms with E-state index in [0.29, 0.717) is 5.56 Å². The fraction of sp³-hybridized carbons (Fsp3) is 0.182. The minimum atomic E-state index is -1.70. The first-order valence-corrected chi connectivity index (χ1v) is 7.59. The van der Waals surface area contributed by atoms with Gasteiger partial charge in [-0.1, -0.05) is 37.0 Å². The molecule has 0 saturated carbocycles. The van der Waals surface area contributed by atoms with Gasteiger partial charge in [0.1, 0.15) is 8.07 Å². The number of carbonyl (C=O) groups is 1. The van der Waals surface area contributed by atoms with Gasteiger partial charge in [0.2, 0.25) is 5.91 Å². The van der Waals surface area contributed by atoms with Crippen LogP contribution < -0.4 is 10.9 Å². The number of amides is 1. The van der Waals surface area contributed by atoms with Gasteiger partial charge in [-0.25, -0.2) is 0 Å². The van der Waals surface area contributed by atoms with Crippen molar-refractivity contribution in [3.05, 3.63) is 42.1 Å². The number of rotatable bonds is 3. The van der Waals surface area contributed by atoms with Crippen LogP contribution >= 0.6 is 0 Å². The highest BCUT2D eigenvalue weighted by Crippen LogP contribution is 2.07. The van der Waals surface area contributed by atoms with E-state index in [0.717, 1.165) is 5.19 Å². The third kappa shape index (κ3) is 1.93. The molecule has 1 aromatic rings. The van der Waals surface area contributed by atoms with Crippen molar-refractivity contribution in [3.63, 3.8) is 0 Å². The van der Waals surface area contributed by atoms with Crippen molar-refractivity contribution >= 4 is 19.2 Å². The second kappa shape index (κ2) is 3.80. The van der Waals surface area contributed by atoms with Crippen LogP contribution in [-0.4, -0.2) is 14.0 Å². The molecule has 0 saturated heterocycles. The molecule has 0 spiro atoms. The zero-order chi connectivity index (χ0) is 10.8. The van der Waals surface area contributed by atoms with E-state index in [2.05, 4.69) is 19.7 Å². The Labute approximate surface area is 85.4 Å². The molecule has 1 amide bonds. The standard InChI is InChI=1S/C11H15NOSi/c1-4-14(2,3)10-8-6-5-7-9(10)11(12)13/h4-8H,1H2,2-3H3,(H2,12,13). The maximum absolute atomic E-state index is 11.2. The predicted octanol–water partition coefficient (Wildman–Crippen LogP) is 1.43. The van der Waals surface area contributed by atoms with Crippen LogP contribution in [0.5, 0.6) is 0 Å². The predicted molar refractivity (Wildman–Crippen MR) is 62.3 cm³/mol. The summed E-state index contributed by atoms with van der Waals surface area (Å²) in [7, 11) is -1.70. The van der Waals surface area contributed by atoms with Crippen LogP contribution in [0.1, 0.15) is 10.4 Å². The molecule has 3 heteroatoms. The molecule has 0 fully saturated rings. The topological polar surface area (TPSA) is 43.1 Å². The minimum Gasteiger partial charge on any atom is -0.366 e. The summed E-state index contributed by atoms with van der Waals surface area (Å²) in [5.41, 5.74) is 7.90. The highest BCUT2D eigenvalue weighted by Gasteiger charge is 2.23. The van der Waals surface area contributed by atoms with Crippen LogP contribution in [0.15, 0.2) is 36.5 Å². The molecule has 2 nitrogen and oxygen atoms in total. The highest BCUT2D eigenvalue weighted by molar-refractivity contribution is 6.94. The Morgan fingerprint density at radius 1 is 1.43 bits per heavy atom. The molecule has 1 rings (SSSR count). The fourth-order valence-electron chi connectivity index (χ4n) is 1.37. The Kier molecular flexibility index (Phi) is 2.91. The lowest BCUT2D eigenvalue weighted by Gasteiger charge is -2.20. The van der Waals surface area contributed by atoms with Crippen LogP contribution in [0.25, 0.3) is 0 Å². The van der Waals surface area contributed by atoms with Crippen molar-refractivity contribution in [2.75, 3.05) is 0 Å². The molecule has 0 heterocycles. The van der Waals surface area contributed by atoms with Gasteiger partial charge >= 0.3 is 0 Å². The largest absolute Gasteiger partial charge is 0.366 e. The maximum Gasteiger partial charge on any atom is 0.248 e. The molecule has 1 aromatic carbocycles. The summed E-state index contributed by atoms with van der Waals surface area (Å²) in [6, 6.07) is 7.50. The van der Waals surface area contributed by atoms with Crippen LogP contribution in [0.2, 0.25) is 13.1 Å². The van der Waals surface area contributed by atoms with Crippen molar-refractivity contribution in [2.24, 2.45) is 5.73 Å². The normalized spacial score (nSPS) is 11.0. The lowest BCUT2D eigenvalue weighted by atomic mass is 10.2. The van der Waals surface area contributed by atoms with Gasteiger partial charge in [0.25, 0.3) is 0 Å². The van der Waals surface area contributed by atoms with Crippen LogP contribution in [0, 0.1) is 0 Å². The van der Waals surface area contributed by atoms with Crippen LogP contribution in [-0.2, 0) is 0 Å². The van der Waals surface area contributed by atoms with Crippen molar-refractivity contribution in [2.45, 2.75) is 13.1 Å². The Bertz CT molecular complexity index is 371. The molecule has 0 aliphatic carbocycles. The van der Waals surface area contributed by atoms with Gasteiger partial charge < -0.3 is 5.73 Å².